The van der Waals surface area contributed by atoms with Gasteiger partial charge in [0.05, 0.1) is 0 Å². The van der Waals surface area contributed by atoms with Crippen molar-refractivity contribution in [1.82, 2.24) is 10.6 Å². The molecule has 0 aliphatic carbocycles. The molecule has 1 unspecified atom stereocenters. The standard InChI is InChI=1S/C19H31N3O3/c1-12(2)14-6-8-15(9-7-14)16(20)10-21-19(24)18(13(3)4)22-17(23)11-25-5/h6-9,12-13,16,18H,10-11,20H2,1-5H3,(H,21,24)(H,22,23)/t16?,18-/m0/s1. The molecule has 4 N–H and O–H groups in total. The maximum Gasteiger partial charge on any atom is 0.246 e. The van der Waals surface area contributed by atoms with Crippen LogP contribution in [0.2, 0.25) is 0 Å². The van der Waals surface area contributed by atoms with Gasteiger partial charge in [-0.3, -0.25) is 9.59 Å². The molecule has 1 aromatic rings. The minimum Gasteiger partial charge on any atom is -0.375 e. The van der Waals surface area contributed by atoms with E-state index < -0.39 is 6.04 Å². The van der Waals surface area contributed by atoms with E-state index in [9.17, 15) is 9.59 Å². The van der Waals surface area contributed by atoms with Crippen molar-refractivity contribution in [2.24, 2.45) is 11.7 Å². The lowest BCUT2D eigenvalue weighted by Gasteiger charge is -2.23. The number of nitrogens with two attached hydrogens (primary N) is 1. The van der Waals surface area contributed by atoms with Gasteiger partial charge in [-0.2, -0.15) is 0 Å². The minimum absolute atomic E-state index is 0.0395. The first-order valence-corrected chi connectivity index (χ1v) is 8.67. The molecule has 0 aliphatic heterocycles. The third kappa shape index (κ3) is 6.84. The molecule has 25 heavy (non-hydrogen) atoms. The van der Waals surface area contributed by atoms with E-state index in [1.807, 2.05) is 26.0 Å². The molecule has 0 aromatic heterocycles. The Bertz CT molecular complexity index is 556. The predicted octanol–water partition coefficient (Wildman–Crippen LogP) is 1.71. The highest BCUT2D eigenvalue weighted by Crippen LogP contribution is 2.17. The highest BCUT2D eigenvalue weighted by molar-refractivity contribution is 5.88. The van der Waals surface area contributed by atoms with E-state index in [-0.39, 0.29) is 30.4 Å². The number of rotatable bonds is 9. The van der Waals surface area contributed by atoms with Crippen LogP contribution in [0.5, 0.6) is 0 Å². The van der Waals surface area contributed by atoms with Crippen LogP contribution in [0, 0.1) is 5.92 Å². The topological polar surface area (TPSA) is 93.4 Å². The smallest absolute Gasteiger partial charge is 0.246 e. The van der Waals surface area contributed by atoms with Crippen molar-refractivity contribution in [3.8, 4) is 0 Å². The second kappa shape index (κ2) is 10.2. The lowest BCUT2D eigenvalue weighted by Crippen LogP contribution is -2.51. The molecule has 1 aromatic carbocycles. The number of carbonyl (C=O) groups is 2. The summed E-state index contributed by atoms with van der Waals surface area (Å²) < 4.78 is 4.78. The van der Waals surface area contributed by atoms with Gasteiger partial charge in [-0.25, -0.2) is 0 Å². The highest BCUT2D eigenvalue weighted by Gasteiger charge is 2.24. The Morgan fingerprint density at radius 2 is 1.64 bits per heavy atom. The summed E-state index contributed by atoms with van der Waals surface area (Å²) >= 11 is 0. The first kappa shape index (κ1) is 21.1. The number of ether oxygens (including phenoxy) is 1. The van der Waals surface area contributed by atoms with Crippen molar-refractivity contribution in [2.75, 3.05) is 20.3 Å². The number of nitrogens with one attached hydrogen (secondary N) is 2. The molecule has 6 nitrogen and oxygen atoms in total. The fourth-order valence-electron chi connectivity index (χ4n) is 2.45. The zero-order valence-electron chi connectivity index (χ0n) is 15.8. The van der Waals surface area contributed by atoms with Crippen LogP contribution in [0.25, 0.3) is 0 Å². The Hall–Kier alpha value is -1.92. The van der Waals surface area contributed by atoms with Crippen LogP contribution in [-0.2, 0) is 14.3 Å². The van der Waals surface area contributed by atoms with Crippen LogP contribution in [0.4, 0.5) is 0 Å². The van der Waals surface area contributed by atoms with E-state index in [0.29, 0.717) is 12.5 Å². The van der Waals surface area contributed by atoms with Gasteiger partial charge in [0.15, 0.2) is 0 Å². The second-order valence-electron chi connectivity index (χ2n) is 6.90. The number of hydrogen-bond donors (Lipinski definition) is 3. The molecule has 0 heterocycles. The second-order valence-corrected chi connectivity index (χ2v) is 6.90. The molecule has 0 radical (unpaired) electrons. The summed E-state index contributed by atoms with van der Waals surface area (Å²) in [4.78, 5) is 24.0. The van der Waals surface area contributed by atoms with Gasteiger partial charge in [0.2, 0.25) is 11.8 Å². The summed E-state index contributed by atoms with van der Waals surface area (Å²) in [5, 5.41) is 5.51. The molecule has 0 fully saturated rings. The third-order valence-corrected chi connectivity index (χ3v) is 4.07. The average molecular weight is 349 g/mol. The molecule has 140 valence electrons. The molecule has 1 rings (SSSR count). The zero-order valence-corrected chi connectivity index (χ0v) is 15.8. The molecule has 0 spiro atoms. The lowest BCUT2D eigenvalue weighted by molar-refractivity contribution is -0.132. The summed E-state index contributed by atoms with van der Waals surface area (Å²) in [6.45, 7) is 8.27. The molecular formula is C19H31N3O3. The van der Waals surface area contributed by atoms with Gasteiger partial charge >= 0.3 is 0 Å². The number of hydrogen-bond acceptors (Lipinski definition) is 4. The van der Waals surface area contributed by atoms with Gasteiger partial charge in [-0.1, -0.05) is 52.0 Å². The van der Waals surface area contributed by atoms with E-state index in [1.165, 1.54) is 12.7 Å². The maximum absolute atomic E-state index is 12.4. The van der Waals surface area contributed by atoms with E-state index in [0.717, 1.165) is 5.56 Å². The van der Waals surface area contributed by atoms with Crippen LogP contribution in [-0.4, -0.2) is 38.1 Å². The fourth-order valence-corrected chi connectivity index (χ4v) is 2.45. The highest BCUT2D eigenvalue weighted by atomic mass is 16.5. The number of benzene rings is 1. The largest absolute Gasteiger partial charge is 0.375 e. The first-order chi connectivity index (χ1) is 11.8. The number of methoxy groups -OCH3 is 1. The van der Waals surface area contributed by atoms with Crippen LogP contribution < -0.4 is 16.4 Å². The van der Waals surface area contributed by atoms with Crippen molar-refractivity contribution in [3.05, 3.63) is 35.4 Å². The maximum atomic E-state index is 12.4. The van der Waals surface area contributed by atoms with E-state index in [2.05, 4.69) is 36.6 Å². The summed E-state index contributed by atoms with van der Waals surface area (Å²) in [6, 6.07) is 7.19. The fraction of sp³-hybridized carbons (Fsp3) is 0.579. The SMILES string of the molecule is COCC(=O)N[C@H](C(=O)NCC(N)c1ccc(C(C)C)cc1)C(C)C. The Labute approximate surface area is 150 Å². The molecule has 0 bridgehead atoms. The summed E-state index contributed by atoms with van der Waals surface area (Å²) in [7, 11) is 1.44. The molecule has 0 saturated heterocycles. The van der Waals surface area contributed by atoms with Gasteiger partial charge in [-0.05, 0) is 23.0 Å². The molecule has 0 saturated carbocycles. The lowest BCUT2D eigenvalue weighted by atomic mass is 9.99. The van der Waals surface area contributed by atoms with Gasteiger partial charge in [0.25, 0.3) is 0 Å². The Kier molecular flexibility index (Phi) is 8.58. The number of amides is 2. The van der Waals surface area contributed by atoms with E-state index in [4.69, 9.17) is 10.5 Å². The summed E-state index contributed by atoms with van der Waals surface area (Å²) in [5.74, 6) is -0.131. The van der Waals surface area contributed by atoms with Crippen LogP contribution in [0.1, 0.15) is 50.8 Å². The van der Waals surface area contributed by atoms with Crippen molar-refractivity contribution >= 4 is 11.8 Å². The quantitative estimate of drug-likeness (QED) is 0.633. The monoisotopic (exact) mass is 349 g/mol. The molecular weight excluding hydrogens is 318 g/mol. The normalized spacial score (nSPS) is 13.6. The molecule has 6 heteroatoms. The average Bonchev–Trinajstić information content (AvgIpc) is 2.57. The van der Waals surface area contributed by atoms with Gasteiger partial charge in [0.1, 0.15) is 12.6 Å². The van der Waals surface area contributed by atoms with Crippen LogP contribution in [0.15, 0.2) is 24.3 Å². The molecule has 2 atom stereocenters. The predicted molar refractivity (Wildman–Crippen MR) is 99.1 cm³/mol. The molecule has 2 amide bonds. The van der Waals surface area contributed by atoms with Crippen molar-refractivity contribution in [3.63, 3.8) is 0 Å². The van der Waals surface area contributed by atoms with Gasteiger partial charge in [0, 0.05) is 19.7 Å². The first-order valence-electron chi connectivity index (χ1n) is 8.67. The van der Waals surface area contributed by atoms with E-state index in [1.54, 1.807) is 0 Å². The van der Waals surface area contributed by atoms with Crippen LogP contribution in [0.3, 0.4) is 0 Å². The minimum atomic E-state index is -0.613. The number of carbonyl (C=O) groups excluding carboxylic acids is 2. The summed E-state index contributed by atoms with van der Waals surface area (Å²) in [6.07, 6.45) is 0. The van der Waals surface area contributed by atoms with Gasteiger partial charge < -0.3 is 21.1 Å². The van der Waals surface area contributed by atoms with Crippen LogP contribution >= 0.6 is 0 Å². The Morgan fingerprint density at radius 1 is 1.08 bits per heavy atom. The molecule has 0 aliphatic rings. The Balaban J connectivity index is 2.61. The zero-order chi connectivity index (χ0) is 19.0. The summed E-state index contributed by atoms with van der Waals surface area (Å²) in [5.41, 5.74) is 8.39. The van der Waals surface area contributed by atoms with E-state index >= 15 is 0 Å². The Morgan fingerprint density at radius 3 is 2.12 bits per heavy atom. The third-order valence-electron chi connectivity index (χ3n) is 4.07. The van der Waals surface area contributed by atoms with Crippen molar-refractivity contribution in [2.45, 2.75) is 45.7 Å². The van der Waals surface area contributed by atoms with Crippen molar-refractivity contribution in [1.29, 1.82) is 0 Å². The van der Waals surface area contributed by atoms with Crippen molar-refractivity contribution < 1.29 is 14.3 Å². The van der Waals surface area contributed by atoms with Gasteiger partial charge in [-0.15, -0.1) is 0 Å².